The molecular formula is C22H38Cl2N4O2. The predicted octanol–water partition coefficient (Wildman–Crippen LogP) is 3.06. The summed E-state index contributed by atoms with van der Waals surface area (Å²) in [6.45, 7) is 10.7. The third-order valence-electron chi connectivity index (χ3n) is 7.44. The molecule has 0 aromatic heterocycles. The van der Waals surface area contributed by atoms with Crippen molar-refractivity contribution < 1.29 is 9.84 Å². The zero-order valence-electron chi connectivity index (χ0n) is 18.7. The Balaban J connectivity index is 1.74. The van der Waals surface area contributed by atoms with E-state index in [1.165, 1.54) is 0 Å². The lowest BCUT2D eigenvalue weighted by molar-refractivity contribution is 0.0761. The summed E-state index contributed by atoms with van der Waals surface area (Å²) in [7, 11) is 0. The monoisotopic (exact) mass is 460 g/mol. The van der Waals surface area contributed by atoms with Crippen LogP contribution in [0.2, 0.25) is 0 Å². The number of rotatable bonds is 7. The number of aliphatic hydroxyl groups is 1. The average molecular weight is 461 g/mol. The van der Waals surface area contributed by atoms with Crippen molar-refractivity contribution in [3.05, 3.63) is 11.5 Å². The second-order valence-electron chi connectivity index (χ2n) is 9.17. The van der Waals surface area contributed by atoms with Crippen LogP contribution in [0.4, 0.5) is 0 Å². The maximum absolute atomic E-state index is 10.1. The Morgan fingerprint density at radius 2 is 1.97 bits per heavy atom. The van der Waals surface area contributed by atoms with Crippen LogP contribution in [-0.2, 0) is 4.74 Å². The van der Waals surface area contributed by atoms with E-state index in [4.69, 9.17) is 38.7 Å². The van der Waals surface area contributed by atoms with Gasteiger partial charge in [-0.2, -0.15) is 0 Å². The molecule has 3 heterocycles. The number of likely N-dealkylation sites (tertiary alicyclic amines) is 1. The molecule has 0 aromatic rings. The van der Waals surface area contributed by atoms with E-state index in [1.54, 1.807) is 0 Å². The number of aliphatic hydroxyl groups excluding tert-OH is 1. The van der Waals surface area contributed by atoms with Crippen molar-refractivity contribution in [1.29, 1.82) is 0 Å². The third kappa shape index (κ3) is 4.49. The highest BCUT2D eigenvalue weighted by Gasteiger charge is 2.48. The van der Waals surface area contributed by atoms with Gasteiger partial charge in [0.1, 0.15) is 5.82 Å². The van der Waals surface area contributed by atoms with Gasteiger partial charge in [-0.15, -0.1) is 23.2 Å². The molecule has 0 saturated carbocycles. The molecule has 0 radical (unpaired) electrons. The lowest BCUT2D eigenvalue weighted by Crippen LogP contribution is -2.53. The quantitative estimate of drug-likeness (QED) is 0.508. The number of halogens is 2. The molecule has 6 atom stereocenters. The van der Waals surface area contributed by atoms with E-state index in [0.29, 0.717) is 0 Å². The van der Waals surface area contributed by atoms with E-state index in [0.717, 1.165) is 62.6 Å². The molecule has 3 aliphatic heterocycles. The summed E-state index contributed by atoms with van der Waals surface area (Å²) in [5.74, 6) is 0.987. The van der Waals surface area contributed by atoms with Crippen LogP contribution < -0.4 is 11.1 Å². The highest BCUT2D eigenvalue weighted by molar-refractivity contribution is 6.30. The lowest BCUT2D eigenvalue weighted by atomic mass is 9.73. The van der Waals surface area contributed by atoms with Crippen molar-refractivity contribution in [3.63, 3.8) is 0 Å². The molecule has 0 amide bonds. The van der Waals surface area contributed by atoms with Crippen molar-refractivity contribution in [2.24, 2.45) is 22.1 Å². The molecule has 1 spiro atoms. The standard InChI is InChI=1S/C22H38Cl2N4O2/c1-5-15(18(24)16(23)6-2)19-13(3)26-21(17(11-29)27-19)28-9-7-22(8-10-28)12-30-14(4)20(22)25/h14-16,18-20,27,29H,5-12,25H2,1-4H3/t14-,15?,16?,18?,19?,20+/m0/s1. The molecule has 3 rings (SSSR count). The van der Waals surface area contributed by atoms with Gasteiger partial charge >= 0.3 is 0 Å². The van der Waals surface area contributed by atoms with Gasteiger partial charge < -0.3 is 25.8 Å². The van der Waals surface area contributed by atoms with Gasteiger partial charge in [-0.05, 0) is 39.5 Å². The van der Waals surface area contributed by atoms with Gasteiger partial charge in [0.15, 0.2) is 0 Å². The van der Waals surface area contributed by atoms with Gasteiger partial charge in [0.2, 0.25) is 0 Å². The Kier molecular flexibility index (Phi) is 8.00. The fraction of sp³-hybridized carbons (Fsp3) is 0.864. The minimum absolute atomic E-state index is 0.0233. The molecule has 172 valence electrons. The number of nitrogens with two attached hydrogens (primary N) is 1. The summed E-state index contributed by atoms with van der Waals surface area (Å²) in [6, 6.07) is 0.0582. The van der Waals surface area contributed by atoms with Gasteiger partial charge in [-0.25, -0.2) is 4.99 Å². The summed E-state index contributed by atoms with van der Waals surface area (Å²) < 4.78 is 5.84. The first-order chi connectivity index (χ1) is 14.3. The van der Waals surface area contributed by atoms with E-state index in [-0.39, 0.29) is 46.9 Å². The van der Waals surface area contributed by atoms with Crippen LogP contribution >= 0.6 is 23.2 Å². The maximum atomic E-state index is 10.1. The zero-order chi connectivity index (χ0) is 22.1. The molecule has 8 heteroatoms. The smallest absolute Gasteiger partial charge is 0.150 e. The Bertz CT molecular complexity index is 664. The summed E-state index contributed by atoms with van der Waals surface area (Å²) in [4.78, 5) is 7.23. The molecule has 0 aromatic carbocycles. The van der Waals surface area contributed by atoms with Gasteiger partial charge in [0.05, 0.1) is 41.8 Å². The van der Waals surface area contributed by atoms with E-state index in [9.17, 15) is 5.11 Å². The van der Waals surface area contributed by atoms with E-state index in [1.807, 2.05) is 6.92 Å². The van der Waals surface area contributed by atoms with Crippen molar-refractivity contribution in [3.8, 4) is 0 Å². The molecule has 6 nitrogen and oxygen atoms in total. The molecule has 4 unspecified atom stereocenters. The van der Waals surface area contributed by atoms with Crippen LogP contribution in [0, 0.1) is 11.3 Å². The van der Waals surface area contributed by atoms with Crippen LogP contribution in [0.15, 0.2) is 16.5 Å². The minimum atomic E-state index is -0.161. The lowest BCUT2D eigenvalue weighted by Gasteiger charge is -2.44. The summed E-state index contributed by atoms with van der Waals surface area (Å²) in [5.41, 5.74) is 8.29. The third-order valence-corrected chi connectivity index (χ3v) is 8.78. The number of hydrogen-bond donors (Lipinski definition) is 3. The van der Waals surface area contributed by atoms with Crippen molar-refractivity contribution >= 4 is 28.9 Å². The molecule has 0 bridgehead atoms. The Morgan fingerprint density at radius 3 is 2.47 bits per heavy atom. The van der Waals surface area contributed by atoms with Crippen LogP contribution in [0.5, 0.6) is 0 Å². The highest BCUT2D eigenvalue weighted by atomic mass is 35.5. The molecular weight excluding hydrogens is 423 g/mol. The van der Waals surface area contributed by atoms with Crippen LogP contribution in [0.1, 0.15) is 53.4 Å². The van der Waals surface area contributed by atoms with E-state index >= 15 is 0 Å². The van der Waals surface area contributed by atoms with Crippen molar-refractivity contribution in [1.82, 2.24) is 10.2 Å². The Morgan fingerprint density at radius 1 is 1.30 bits per heavy atom. The second kappa shape index (κ2) is 9.95. The van der Waals surface area contributed by atoms with Crippen LogP contribution in [-0.4, -0.2) is 71.0 Å². The summed E-state index contributed by atoms with van der Waals surface area (Å²) in [6.07, 6.45) is 3.78. The zero-order valence-corrected chi connectivity index (χ0v) is 20.2. The molecule has 4 N–H and O–H groups in total. The minimum Gasteiger partial charge on any atom is -0.390 e. The molecule has 2 saturated heterocycles. The number of alkyl halides is 2. The molecule has 3 aliphatic rings. The summed E-state index contributed by atoms with van der Waals surface area (Å²) >= 11 is 13.2. The molecule has 30 heavy (non-hydrogen) atoms. The van der Waals surface area contributed by atoms with E-state index < -0.39 is 0 Å². The van der Waals surface area contributed by atoms with Gasteiger partial charge in [0, 0.05) is 36.2 Å². The van der Waals surface area contributed by atoms with Crippen LogP contribution in [0.25, 0.3) is 0 Å². The van der Waals surface area contributed by atoms with Gasteiger partial charge in [0.25, 0.3) is 0 Å². The number of nitrogens with zero attached hydrogens (tertiary/aromatic N) is 2. The highest BCUT2D eigenvalue weighted by Crippen LogP contribution is 2.42. The summed E-state index contributed by atoms with van der Waals surface area (Å²) in [5, 5.41) is 13.4. The number of piperidine rings is 1. The van der Waals surface area contributed by atoms with Crippen LogP contribution in [0.3, 0.4) is 0 Å². The first-order valence-corrected chi connectivity index (χ1v) is 12.2. The Labute approximate surface area is 191 Å². The number of aliphatic imine (C=N–C) groups is 1. The maximum Gasteiger partial charge on any atom is 0.150 e. The first-order valence-electron chi connectivity index (χ1n) is 11.3. The number of ether oxygens (including phenoxy) is 1. The molecule has 2 fully saturated rings. The van der Waals surface area contributed by atoms with E-state index in [2.05, 4.69) is 31.0 Å². The fourth-order valence-electron chi connectivity index (χ4n) is 5.23. The normalized spacial score (nSPS) is 32.1. The average Bonchev–Trinajstić information content (AvgIpc) is 3.03. The fourth-order valence-corrected chi connectivity index (χ4v) is 5.92. The number of hydrogen-bond acceptors (Lipinski definition) is 6. The predicted molar refractivity (Wildman–Crippen MR) is 124 cm³/mol. The van der Waals surface area contributed by atoms with Crippen molar-refractivity contribution in [2.75, 3.05) is 26.3 Å². The topological polar surface area (TPSA) is 83.1 Å². The largest absolute Gasteiger partial charge is 0.390 e. The molecule has 0 aliphatic carbocycles. The number of nitrogens with one attached hydrogen (secondary N) is 1. The SMILES string of the molecule is CCC(Cl)C(Cl)C(CC)C1NC(CO)=C(N2CCC3(CC2)CO[C@@H](C)[C@H]3N)N=C1C. The first kappa shape index (κ1) is 24.1. The second-order valence-corrected chi connectivity index (χ2v) is 10.2. The van der Waals surface area contributed by atoms with Gasteiger partial charge in [-0.1, -0.05) is 13.8 Å². The Hall–Kier alpha value is -0.530. The van der Waals surface area contributed by atoms with Crippen molar-refractivity contribution in [2.45, 2.75) is 82.3 Å². The van der Waals surface area contributed by atoms with Gasteiger partial charge in [-0.3, -0.25) is 0 Å².